The van der Waals surface area contributed by atoms with E-state index in [2.05, 4.69) is 22.5 Å². The number of hydrogen-bond acceptors (Lipinski definition) is 2. The topological polar surface area (TPSA) is 40.5 Å². The first-order valence-electron chi connectivity index (χ1n) is 5.37. The van der Waals surface area contributed by atoms with Gasteiger partial charge in [-0.3, -0.25) is 4.79 Å². The highest BCUT2D eigenvalue weighted by Gasteiger charge is 2.48. The molecule has 1 atom stereocenters. The molecule has 0 saturated carbocycles. The SMILES string of the molecule is C=CCC1(CO)C(=O)N(C)c2ccc(Br)cc21. The summed E-state index contributed by atoms with van der Waals surface area (Å²) < 4.78 is 0.904. The Morgan fingerprint density at radius 1 is 1.59 bits per heavy atom. The molecule has 1 aromatic rings. The number of benzene rings is 1. The Labute approximate surface area is 109 Å². The van der Waals surface area contributed by atoms with E-state index in [1.165, 1.54) is 0 Å². The third-order valence-electron chi connectivity index (χ3n) is 3.31. The van der Waals surface area contributed by atoms with Crippen LogP contribution in [0.4, 0.5) is 5.69 Å². The Kier molecular flexibility index (Phi) is 3.10. The van der Waals surface area contributed by atoms with E-state index in [4.69, 9.17) is 0 Å². The van der Waals surface area contributed by atoms with Crippen LogP contribution in [0.1, 0.15) is 12.0 Å². The van der Waals surface area contributed by atoms with Gasteiger partial charge in [-0.2, -0.15) is 0 Å². The second kappa shape index (κ2) is 4.27. The van der Waals surface area contributed by atoms with Crippen LogP contribution in [0.2, 0.25) is 0 Å². The fourth-order valence-corrected chi connectivity index (χ4v) is 2.75. The van der Waals surface area contributed by atoms with Gasteiger partial charge in [0.25, 0.3) is 0 Å². The van der Waals surface area contributed by atoms with Gasteiger partial charge in [0.1, 0.15) is 5.41 Å². The Morgan fingerprint density at radius 2 is 2.29 bits per heavy atom. The van der Waals surface area contributed by atoms with Crippen LogP contribution in [-0.4, -0.2) is 24.7 Å². The molecule has 0 radical (unpaired) electrons. The number of fused-ring (bicyclic) bond motifs is 1. The van der Waals surface area contributed by atoms with Crippen LogP contribution in [0.3, 0.4) is 0 Å². The number of anilines is 1. The number of amides is 1. The molecule has 1 aliphatic heterocycles. The molecule has 1 unspecified atom stereocenters. The number of rotatable bonds is 3. The number of aliphatic hydroxyl groups is 1. The van der Waals surface area contributed by atoms with Gasteiger partial charge in [-0.05, 0) is 30.2 Å². The van der Waals surface area contributed by atoms with Crippen LogP contribution in [0.25, 0.3) is 0 Å². The quantitative estimate of drug-likeness (QED) is 0.869. The van der Waals surface area contributed by atoms with Gasteiger partial charge >= 0.3 is 0 Å². The van der Waals surface area contributed by atoms with E-state index in [-0.39, 0.29) is 12.5 Å². The van der Waals surface area contributed by atoms with Crippen molar-refractivity contribution in [3.63, 3.8) is 0 Å². The van der Waals surface area contributed by atoms with Gasteiger partial charge in [0.05, 0.1) is 6.61 Å². The van der Waals surface area contributed by atoms with E-state index in [1.807, 2.05) is 18.2 Å². The lowest BCUT2D eigenvalue weighted by Crippen LogP contribution is -2.41. The molecule has 1 heterocycles. The molecule has 1 aliphatic rings. The highest BCUT2D eigenvalue weighted by Crippen LogP contribution is 2.44. The number of hydrogen-bond donors (Lipinski definition) is 1. The van der Waals surface area contributed by atoms with E-state index in [0.29, 0.717) is 6.42 Å². The van der Waals surface area contributed by atoms with Gasteiger partial charge in [-0.15, -0.1) is 6.58 Å². The van der Waals surface area contributed by atoms with Crippen molar-refractivity contribution in [1.29, 1.82) is 0 Å². The number of aliphatic hydroxyl groups excluding tert-OH is 1. The Hall–Kier alpha value is -1.13. The normalized spacial score (nSPS) is 22.8. The number of carbonyl (C=O) groups excluding carboxylic acids is 1. The first-order valence-corrected chi connectivity index (χ1v) is 6.16. The fraction of sp³-hybridized carbons (Fsp3) is 0.308. The number of nitrogens with zero attached hydrogens (tertiary/aromatic N) is 1. The van der Waals surface area contributed by atoms with Crippen molar-refractivity contribution < 1.29 is 9.90 Å². The first kappa shape index (κ1) is 12.3. The monoisotopic (exact) mass is 295 g/mol. The molecule has 0 fully saturated rings. The summed E-state index contributed by atoms with van der Waals surface area (Å²) in [7, 11) is 1.73. The second-order valence-corrected chi connectivity index (χ2v) is 5.17. The van der Waals surface area contributed by atoms with Crippen LogP contribution in [-0.2, 0) is 10.2 Å². The van der Waals surface area contributed by atoms with Crippen molar-refractivity contribution in [2.75, 3.05) is 18.6 Å². The minimum atomic E-state index is -0.865. The summed E-state index contributed by atoms with van der Waals surface area (Å²) in [4.78, 5) is 13.9. The van der Waals surface area contributed by atoms with Crippen molar-refractivity contribution in [3.05, 3.63) is 40.9 Å². The molecule has 0 saturated heterocycles. The van der Waals surface area contributed by atoms with Crippen LogP contribution in [0.15, 0.2) is 35.3 Å². The molecule has 1 aromatic carbocycles. The number of carbonyl (C=O) groups is 1. The average Bonchev–Trinajstić information content (AvgIpc) is 2.52. The van der Waals surface area contributed by atoms with E-state index in [1.54, 1.807) is 18.0 Å². The molecule has 0 aromatic heterocycles. The summed E-state index contributed by atoms with van der Waals surface area (Å²) in [6.07, 6.45) is 2.12. The Morgan fingerprint density at radius 3 is 2.88 bits per heavy atom. The summed E-state index contributed by atoms with van der Waals surface area (Å²) in [5.74, 6) is -0.0759. The van der Waals surface area contributed by atoms with Crippen molar-refractivity contribution in [2.45, 2.75) is 11.8 Å². The molecule has 0 spiro atoms. The Bertz CT molecular complexity index is 486. The lowest BCUT2D eigenvalue weighted by atomic mass is 9.79. The van der Waals surface area contributed by atoms with Gasteiger partial charge in [0.15, 0.2) is 0 Å². The summed E-state index contributed by atoms with van der Waals surface area (Å²) in [6.45, 7) is 3.48. The van der Waals surface area contributed by atoms with Crippen molar-refractivity contribution >= 4 is 27.5 Å². The third-order valence-corrected chi connectivity index (χ3v) is 3.81. The molecule has 1 amide bonds. The maximum atomic E-state index is 12.3. The highest BCUT2D eigenvalue weighted by atomic mass is 79.9. The summed E-state index contributed by atoms with van der Waals surface area (Å²) >= 11 is 3.40. The number of likely N-dealkylation sites (N-methyl/N-ethyl adjacent to an activating group) is 1. The van der Waals surface area contributed by atoms with Crippen molar-refractivity contribution in [2.24, 2.45) is 0 Å². The minimum absolute atomic E-state index is 0.0759. The highest BCUT2D eigenvalue weighted by molar-refractivity contribution is 9.10. The minimum Gasteiger partial charge on any atom is -0.395 e. The van der Waals surface area contributed by atoms with E-state index >= 15 is 0 Å². The molecular weight excluding hydrogens is 282 g/mol. The summed E-state index contributed by atoms with van der Waals surface area (Å²) in [6, 6.07) is 5.68. The molecule has 4 heteroatoms. The first-order chi connectivity index (χ1) is 8.06. The molecule has 3 nitrogen and oxygen atoms in total. The van der Waals surface area contributed by atoms with Gasteiger partial charge in [-0.25, -0.2) is 0 Å². The average molecular weight is 296 g/mol. The predicted molar refractivity (Wildman–Crippen MR) is 71.1 cm³/mol. The largest absolute Gasteiger partial charge is 0.395 e. The molecule has 90 valence electrons. The van der Waals surface area contributed by atoms with E-state index in [0.717, 1.165) is 15.7 Å². The lowest BCUT2D eigenvalue weighted by Gasteiger charge is -2.24. The third kappa shape index (κ3) is 1.63. The fourth-order valence-electron chi connectivity index (χ4n) is 2.39. The number of halogens is 1. The molecular formula is C13H14BrNO2. The van der Waals surface area contributed by atoms with Crippen molar-refractivity contribution in [3.8, 4) is 0 Å². The lowest BCUT2D eigenvalue weighted by molar-refractivity contribution is -0.124. The van der Waals surface area contributed by atoms with Crippen LogP contribution >= 0.6 is 15.9 Å². The van der Waals surface area contributed by atoms with Crippen LogP contribution in [0, 0.1) is 0 Å². The molecule has 1 N–H and O–H groups in total. The van der Waals surface area contributed by atoms with Crippen LogP contribution < -0.4 is 4.90 Å². The van der Waals surface area contributed by atoms with Gasteiger partial charge in [-0.1, -0.05) is 22.0 Å². The smallest absolute Gasteiger partial charge is 0.240 e. The second-order valence-electron chi connectivity index (χ2n) is 4.26. The molecule has 0 aliphatic carbocycles. The zero-order chi connectivity index (χ0) is 12.6. The van der Waals surface area contributed by atoms with Gasteiger partial charge < -0.3 is 10.0 Å². The van der Waals surface area contributed by atoms with Gasteiger partial charge in [0, 0.05) is 17.2 Å². The predicted octanol–water partition coefficient (Wildman–Crippen LogP) is 2.23. The maximum Gasteiger partial charge on any atom is 0.240 e. The Balaban J connectivity index is 2.66. The number of allylic oxidation sites excluding steroid dienone is 1. The molecule has 0 bridgehead atoms. The summed E-state index contributed by atoms with van der Waals surface area (Å²) in [5, 5.41) is 9.66. The summed E-state index contributed by atoms with van der Waals surface area (Å²) in [5.41, 5.74) is 0.853. The van der Waals surface area contributed by atoms with E-state index < -0.39 is 5.41 Å². The van der Waals surface area contributed by atoms with Crippen molar-refractivity contribution in [1.82, 2.24) is 0 Å². The maximum absolute atomic E-state index is 12.3. The standard InChI is InChI=1S/C13H14BrNO2/c1-3-6-13(8-16)10-7-9(14)4-5-11(10)15(2)12(13)17/h3-5,7,16H,1,6,8H2,2H3. The van der Waals surface area contributed by atoms with E-state index in [9.17, 15) is 9.90 Å². The molecule has 17 heavy (non-hydrogen) atoms. The zero-order valence-electron chi connectivity index (χ0n) is 9.61. The van der Waals surface area contributed by atoms with Crippen LogP contribution in [0.5, 0.6) is 0 Å². The zero-order valence-corrected chi connectivity index (χ0v) is 11.2. The van der Waals surface area contributed by atoms with Gasteiger partial charge in [0.2, 0.25) is 5.91 Å². The molecule has 2 rings (SSSR count).